The van der Waals surface area contributed by atoms with E-state index in [0.717, 1.165) is 12.1 Å². The van der Waals surface area contributed by atoms with E-state index < -0.39 is 54.5 Å². The van der Waals surface area contributed by atoms with Crippen LogP contribution in [-0.4, -0.2) is 43.3 Å². The molecule has 1 fully saturated rings. The largest absolute Gasteiger partial charge is 0.405 e. The third-order valence-corrected chi connectivity index (χ3v) is 3.91. The highest BCUT2D eigenvalue weighted by Gasteiger charge is 2.33. The zero-order valence-corrected chi connectivity index (χ0v) is 14.2. The molecule has 0 spiro atoms. The maximum Gasteiger partial charge on any atom is 0.405 e. The number of hydrogen-bond donors (Lipinski definition) is 3. The molecule has 3 amide bonds. The number of imide groups is 1. The van der Waals surface area contributed by atoms with E-state index in [1.165, 1.54) is 18.3 Å². The molecule has 0 aromatic heterocycles. The van der Waals surface area contributed by atoms with Gasteiger partial charge in [-0.3, -0.25) is 10.1 Å². The minimum Gasteiger partial charge on any atom is -0.372 e. The molecule has 27 heavy (non-hydrogen) atoms. The molecule has 0 saturated carbocycles. The molecule has 11 heteroatoms. The lowest BCUT2D eigenvalue weighted by Crippen LogP contribution is -2.52. The number of carbonyl (C=O) groups is 2. The van der Waals surface area contributed by atoms with Crippen molar-refractivity contribution in [2.75, 3.05) is 13.2 Å². The quantitative estimate of drug-likeness (QED) is 0.668. The van der Waals surface area contributed by atoms with Crippen molar-refractivity contribution in [1.82, 2.24) is 16.0 Å². The number of carbonyl (C=O) groups excluding carboxylic acids is 2. The van der Waals surface area contributed by atoms with Gasteiger partial charge >= 0.3 is 12.2 Å². The van der Waals surface area contributed by atoms with Crippen LogP contribution in [-0.2, 0) is 9.53 Å². The van der Waals surface area contributed by atoms with E-state index >= 15 is 0 Å². The Morgan fingerprint density at radius 3 is 2.59 bits per heavy atom. The molecule has 6 nitrogen and oxygen atoms in total. The van der Waals surface area contributed by atoms with E-state index in [1.807, 2.05) is 0 Å². The van der Waals surface area contributed by atoms with Gasteiger partial charge in [0, 0.05) is 12.6 Å². The van der Waals surface area contributed by atoms with Crippen molar-refractivity contribution in [3.05, 3.63) is 35.4 Å². The second-order valence-electron chi connectivity index (χ2n) is 6.04. The molecule has 1 saturated heterocycles. The normalized spacial score (nSPS) is 21.0. The number of amides is 3. The van der Waals surface area contributed by atoms with Crippen molar-refractivity contribution < 1.29 is 36.3 Å². The van der Waals surface area contributed by atoms with E-state index in [0.29, 0.717) is 18.6 Å². The van der Waals surface area contributed by atoms with Gasteiger partial charge in [-0.05, 0) is 31.0 Å². The van der Waals surface area contributed by atoms with E-state index in [4.69, 9.17) is 4.74 Å². The van der Waals surface area contributed by atoms with Gasteiger partial charge in [0.15, 0.2) is 11.6 Å². The topological polar surface area (TPSA) is 79.5 Å². The molecule has 0 bridgehead atoms. The summed E-state index contributed by atoms with van der Waals surface area (Å²) in [5.74, 6) is -2.88. The summed E-state index contributed by atoms with van der Waals surface area (Å²) in [6.07, 6.45) is -4.78. The molecule has 1 aromatic carbocycles. The van der Waals surface area contributed by atoms with Gasteiger partial charge in [-0.1, -0.05) is 6.07 Å². The molecule has 1 unspecified atom stereocenters. The molecule has 3 atom stereocenters. The Bertz CT molecular complexity index is 698. The first-order valence-electron chi connectivity index (χ1n) is 8.05. The summed E-state index contributed by atoms with van der Waals surface area (Å²) in [6, 6.07) is 0.666. The van der Waals surface area contributed by atoms with Crippen LogP contribution in [0.3, 0.4) is 0 Å². The smallest absolute Gasteiger partial charge is 0.372 e. The summed E-state index contributed by atoms with van der Waals surface area (Å²) in [7, 11) is 0. The number of ether oxygens (including phenoxy) is 1. The molecule has 1 heterocycles. The van der Waals surface area contributed by atoms with E-state index in [1.54, 1.807) is 5.32 Å². The summed E-state index contributed by atoms with van der Waals surface area (Å²) in [5.41, 5.74) is 0.374. The number of rotatable bonds is 5. The standard InChI is InChI=1S/C16H18F5N3O3/c1-8(14(25)24-15(26)22-7-16(19,20)21)23-12-4-5-27-13(12)9-2-3-10(17)11(18)6-9/h2-3,6,8,12-13,23H,4-5,7H2,1H3,(H2,22,24,25,26)/t8?,12-,13+/m1/s1. The van der Waals surface area contributed by atoms with Gasteiger partial charge < -0.3 is 15.4 Å². The Morgan fingerprint density at radius 1 is 1.26 bits per heavy atom. The van der Waals surface area contributed by atoms with E-state index in [9.17, 15) is 31.5 Å². The summed E-state index contributed by atoms with van der Waals surface area (Å²) in [5, 5.41) is 6.20. The van der Waals surface area contributed by atoms with Crippen molar-refractivity contribution in [2.45, 2.75) is 37.7 Å². The van der Waals surface area contributed by atoms with E-state index in [-0.39, 0.29) is 0 Å². The predicted molar refractivity (Wildman–Crippen MR) is 83.7 cm³/mol. The molecule has 3 N–H and O–H groups in total. The van der Waals surface area contributed by atoms with Gasteiger partial charge in [-0.2, -0.15) is 13.2 Å². The van der Waals surface area contributed by atoms with E-state index in [2.05, 4.69) is 5.32 Å². The molecule has 1 aromatic rings. The number of urea groups is 1. The fourth-order valence-corrected chi connectivity index (χ4v) is 2.62. The highest BCUT2D eigenvalue weighted by atomic mass is 19.4. The molecule has 2 rings (SSSR count). The summed E-state index contributed by atoms with van der Waals surface area (Å²) in [6.45, 7) is 0.150. The summed E-state index contributed by atoms with van der Waals surface area (Å²) in [4.78, 5) is 23.3. The van der Waals surface area contributed by atoms with Crippen LogP contribution in [0.1, 0.15) is 25.0 Å². The minimum absolute atomic E-state index is 0.307. The monoisotopic (exact) mass is 395 g/mol. The van der Waals surface area contributed by atoms with Gasteiger partial charge in [-0.15, -0.1) is 0 Å². The Morgan fingerprint density at radius 2 is 1.96 bits per heavy atom. The summed E-state index contributed by atoms with van der Waals surface area (Å²) < 4.78 is 68.1. The van der Waals surface area contributed by atoms with Gasteiger partial charge in [0.1, 0.15) is 6.54 Å². The first-order valence-corrected chi connectivity index (χ1v) is 8.05. The van der Waals surface area contributed by atoms with Crippen molar-refractivity contribution >= 4 is 11.9 Å². The van der Waals surface area contributed by atoms with Crippen LogP contribution in [0.15, 0.2) is 18.2 Å². The Labute approximate surface area is 151 Å². The number of hydrogen-bond acceptors (Lipinski definition) is 4. The van der Waals surface area contributed by atoms with Gasteiger partial charge in [0.2, 0.25) is 5.91 Å². The summed E-state index contributed by atoms with van der Waals surface area (Å²) >= 11 is 0. The molecule has 1 aliphatic rings. The van der Waals surface area contributed by atoms with Crippen LogP contribution in [0.5, 0.6) is 0 Å². The molecular formula is C16H18F5N3O3. The zero-order valence-electron chi connectivity index (χ0n) is 14.2. The minimum atomic E-state index is -4.59. The van der Waals surface area contributed by atoms with Gasteiger partial charge in [-0.25, -0.2) is 13.6 Å². The SMILES string of the molecule is CC(N[C@@H]1CCO[C@H]1c1ccc(F)c(F)c1)C(=O)NC(=O)NCC(F)(F)F. The van der Waals surface area contributed by atoms with Crippen molar-refractivity contribution in [3.8, 4) is 0 Å². The Hall–Kier alpha value is -2.27. The Kier molecular flexibility index (Phi) is 6.71. The molecular weight excluding hydrogens is 377 g/mol. The van der Waals surface area contributed by atoms with Crippen LogP contribution in [0.4, 0.5) is 26.7 Å². The van der Waals surface area contributed by atoms with Gasteiger partial charge in [0.05, 0.1) is 12.1 Å². The highest BCUT2D eigenvalue weighted by molar-refractivity contribution is 5.96. The molecule has 150 valence electrons. The highest BCUT2D eigenvalue weighted by Crippen LogP contribution is 2.30. The zero-order chi connectivity index (χ0) is 20.2. The number of nitrogens with one attached hydrogen (secondary N) is 3. The first kappa shape index (κ1) is 21.0. The third kappa shape index (κ3) is 6.14. The maximum absolute atomic E-state index is 13.4. The second-order valence-corrected chi connectivity index (χ2v) is 6.04. The molecule has 0 radical (unpaired) electrons. The fourth-order valence-electron chi connectivity index (χ4n) is 2.62. The predicted octanol–water partition coefficient (Wildman–Crippen LogP) is 2.16. The van der Waals surface area contributed by atoms with Crippen LogP contribution in [0.25, 0.3) is 0 Å². The van der Waals surface area contributed by atoms with Crippen LogP contribution >= 0.6 is 0 Å². The lowest BCUT2D eigenvalue weighted by molar-refractivity contribution is -0.125. The third-order valence-electron chi connectivity index (χ3n) is 3.91. The lowest BCUT2D eigenvalue weighted by atomic mass is 10.0. The lowest BCUT2D eigenvalue weighted by Gasteiger charge is -2.24. The first-order chi connectivity index (χ1) is 12.6. The maximum atomic E-state index is 13.4. The Balaban J connectivity index is 1.91. The second kappa shape index (κ2) is 8.61. The number of benzene rings is 1. The number of halogens is 5. The van der Waals surface area contributed by atoms with Crippen molar-refractivity contribution in [1.29, 1.82) is 0 Å². The van der Waals surface area contributed by atoms with Gasteiger partial charge in [0.25, 0.3) is 0 Å². The molecule has 1 aliphatic heterocycles. The fraction of sp³-hybridized carbons (Fsp3) is 0.500. The van der Waals surface area contributed by atoms with Crippen LogP contribution in [0.2, 0.25) is 0 Å². The van der Waals surface area contributed by atoms with Crippen LogP contribution < -0.4 is 16.0 Å². The van der Waals surface area contributed by atoms with Crippen molar-refractivity contribution in [3.63, 3.8) is 0 Å². The van der Waals surface area contributed by atoms with Crippen molar-refractivity contribution in [2.24, 2.45) is 0 Å². The molecule has 0 aliphatic carbocycles. The average Bonchev–Trinajstić information content (AvgIpc) is 3.03. The van der Waals surface area contributed by atoms with Crippen LogP contribution in [0, 0.1) is 11.6 Å². The average molecular weight is 395 g/mol. The number of alkyl halides is 3.